The predicted octanol–water partition coefficient (Wildman–Crippen LogP) is 3.95. The monoisotopic (exact) mass is 458 g/mol. The highest BCUT2D eigenvalue weighted by Gasteiger charge is 2.26. The summed E-state index contributed by atoms with van der Waals surface area (Å²) < 4.78 is 4.16. The average Bonchev–Trinajstić information content (AvgIpc) is 3.24. The molecule has 1 fully saturated rings. The van der Waals surface area contributed by atoms with Crippen molar-refractivity contribution in [2.45, 2.75) is 31.7 Å². The molecule has 2 aliphatic carbocycles. The molecule has 0 radical (unpaired) electrons. The van der Waals surface area contributed by atoms with Crippen molar-refractivity contribution in [2.75, 3.05) is 5.73 Å². The second kappa shape index (κ2) is 7.77. The molecule has 2 aliphatic rings. The maximum atomic E-state index is 6.28. The Labute approximate surface area is 201 Å². The van der Waals surface area contributed by atoms with Gasteiger partial charge in [-0.05, 0) is 79.1 Å². The maximum absolute atomic E-state index is 6.28. The Hall–Kier alpha value is -4.51. The first-order chi connectivity index (χ1) is 17.2. The van der Waals surface area contributed by atoms with Gasteiger partial charge < -0.3 is 10.3 Å². The summed E-state index contributed by atoms with van der Waals surface area (Å²) in [7, 11) is 0. The summed E-state index contributed by atoms with van der Waals surface area (Å²) >= 11 is 0. The number of anilines is 1. The highest BCUT2D eigenvalue weighted by molar-refractivity contribution is 5.83. The second-order valence-corrected chi connectivity index (χ2v) is 9.14. The smallest absolute Gasteiger partial charge is 0.166 e. The van der Waals surface area contributed by atoms with Crippen LogP contribution in [-0.2, 0) is 6.42 Å². The molecule has 7 rings (SSSR count). The van der Waals surface area contributed by atoms with Crippen molar-refractivity contribution < 1.29 is 0 Å². The van der Waals surface area contributed by atoms with Crippen molar-refractivity contribution in [3.05, 3.63) is 78.1 Å². The number of pyridine rings is 2. The lowest BCUT2D eigenvalue weighted by molar-refractivity contribution is 0.578. The molecule has 4 aromatic heterocycles. The fraction of sp³-hybridized carbons (Fsp3) is 0.222. The molecular formula is C27H22N8. The van der Waals surface area contributed by atoms with E-state index in [1.807, 2.05) is 24.3 Å². The Morgan fingerprint density at radius 1 is 0.971 bits per heavy atom. The number of aromatic nitrogens is 7. The molecule has 0 amide bonds. The van der Waals surface area contributed by atoms with Gasteiger partial charge >= 0.3 is 0 Å². The van der Waals surface area contributed by atoms with Crippen LogP contribution >= 0.6 is 0 Å². The number of nitrogens with zero attached hydrogens (tertiary/aromatic N) is 7. The molecule has 35 heavy (non-hydrogen) atoms. The van der Waals surface area contributed by atoms with Gasteiger partial charge in [0, 0.05) is 17.8 Å². The van der Waals surface area contributed by atoms with Crippen molar-refractivity contribution >= 4 is 17.0 Å². The third-order valence-electron chi connectivity index (χ3n) is 6.79. The van der Waals surface area contributed by atoms with Crippen LogP contribution in [0.5, 0.6) is 0 Å². The van der Waals surface area contributed by atoms with Crippen molar-refractivity contribution in [2.24, 2.45) is 5.92 Å². The van der Waals surface area contributed by atoms with Crippen LogP contribution in [0.25, 0.3) is 28.2 Å². The predicted molar refractivity (Wildman–Crippen MR) is 133 cm³/mol. The standard InChI is InChI=1S/C27H22N8/c28-25-22(2-1-13-29-25)26-33-23-11-8-19(7-5-17-3-4-17)32-27(23)35(26)20-9-10-21-18(14-20)6-12-24(21)34-15-30-31-16-34/h1-2,8-11,13-17,24H,3-4,6,12H2,(H2,28,29)/t24-/m0/s1. The topological polar surface area (TPSA) is 100 Å². The Morgan fingerprint density at radius 2 is 1.86 bits per heavy atom. The number of benzene rings is 1. The van der Waals surface area contributed by atoms with E-state index in [2.05, 4.69) is 54.4 Å². The summed E-state index contributed by atoms with van der Waals surface area (Å²) in [4.78, 5) is 14.1. The zero-order valence-electron chi connectivity index (χ0n) is 19.0. The molecule has 0 unspecified atom stereocenters. The summed E-state index contributed by atoms with van der Waals surface area (Å²) in [6.45, 7) is 0. The van der Waals surface area contributed by atoms with Gasteiger partial charge in [-0.25, -0.2) is 15.0 Å². The summed E-state index contributed by atoms with van der Waals surface area (Å²) in [5.74, 6) is 8.23. The molecule has 0 spiro atoms. The van der Waals surface area contributed by atoms with Gasteiger partial charge in [0.2, 0.25) is 0 Å². The molecule has 0 saturated heterocycles. The number of nitrogens with two attached hydrogens (primary N) is 1. The van der Waals surface area contributed by atoms with Gasteiger partial charge in [-0.3, -0.25) is 4.57 Å². The average molecular weight is 459 g/mol. The third-order valence-corrected chi connectivity index (χ3v) is 6.79. The van der Waals surface area contributed by atoms with Crippen molar-refractivity contribution in [1.29, 1.82) is 0 Å². The Bertz CT molecular complexity index is 1630. The minimum atomic E-state index is 0.254. The number of aryl methyl sites for hydroxylation is 1. The van der Waals surface area contributed by atoms with Gasteiger partial charge in [-0.2, -0.15) is 0 Å². The number of hydrogen-bond donors (Lipinski definition) is 1. The highest BCUT2D eigenvalue weighted by atomic mass is 15.2. The summed E-state index contributed by atoms with van der Waals surface area (Å²) in [6, 6.07) is 14.6. The van der Waals surface area contributed by atoms with Crippen LogP contribution in [0.1, 0.15) is 42.1 Å². The van der Waals surface area contributed by atoms with Gasteiger partial charge in [0.05, 0.1) is 11.6 Å². The van der Waals surface area contributed by atoms with Gasteiger partial charge in [0.1, 0.15) is 29.7 Å². The van der Waals surface area contributed by atoms with Gasteiger partial charge in [0.25, 0.3) is 0 Å². The first kappa shape index (κ1) is 19.9. The molecule has 2 N–H and O–H groups in total. The zero-order chi connectivity index (χ0) is 23.4. The van der Waals surface area contributed by atoms with E-state index >= 15 is 0 Å². The minimum Gasteiger partial charge on any atom is -0.383 e. The SMILES string of the molecule is Nc1ncccc1-c1nc2ccc(C#CC3CC3)nc2n1-c1ccc2c(c1)CC[C@@H]2n1cnnc1. The van der Waals surface area contributed by atoms with Gasteiger partial charge in [-0.1, -0.05) is 12.0 Å². The molecule has 1 atom stereocenters. The van der Waals surface area contributed by atoms with Crippen LogP contribution in [0, 0.1) is 17.8 Å². The molecule has 1 saturated carbocycles. The van der Waals surface area contributed by atoms with E-state index < -0.39 is 0 Å². The van der Waals surface area contributed by atoms with Crippen LogP contribution < -0.4 is 5.73 Å². The fourth-order valence-corrected chi connectivity index (χ4v) is 4.86. The van der Waals surface area contributed by atoms with Crippen molar-refractivity contribution in [1.82, 2.24) is 34.3 Å². The lowest BCUT2D eigenvalue weighted by Gasteiger charge is -2.14. The van der Waals surface area contributed by atoms with E-state index in [9.17, 15) is 0 Å². The second-order valence-electron chi connectivity index (χ2n) is 9.14. The molecule has 1 aromatic carbocycles. The molecule has 0 aliphatic heterocycles. The molecule has 4 heterocycles. The van der Waals surface area contributed by atoms with E-state index in [0.29, 0.717) is 11.7 Å². The van der Waals surface area contributed by atoms with Crippen molar-refractivity contribution in [3.63, 3.8) is 0 Å². The number of nitrogen functional groups attached to an aromatic ring is 1. The molecule has 8 nitrogen and oxygen atoms in total. The molecule has 8 heteroatoms. The summed E-state index contributed by atoms with van der Waals surface area (Å²) in [6.07, 6.45) is 9.63. The maximum Gasteiger partial charge on any atom is 0.166 e. The van der Waals surface area contributed by atoms with Gasteiger partial charge in [0.15, 0.2) is 11.5 Å². The molecule has 5 aromatic rings. The van der Waals surface area contributed by atoms with Crippen LogP contribution in [-0.4, -0.2) is 34.3 Å². The number of hydrogen-bond acceptors (Lipinski definition) is 6. The van der Waals surface area contributed by atoms with Crippen LogP contribution in [0.15, 0.2) is 61.3 Å². The van der Waals surface area contributed by atoms with E-state index in [-0.39, 0.29) is 6.04 Å². The van der Waals surface area contributed by atoms with Crippen LogP contribution in [0.2, 0.25) is 0 Å². The first-order valence-electron chi connectivity index (χ1n) is 11.8. The molecule has 170 valence electrons. The largest absolute Gasteiger partial charge is 0.383 e. The van der Waals surface area contributed by atoms with Crippen LogP contribution in [0.3, 0.4) is 0 Å². The Kier molecular flexibility index (Phi) is 4.42. The lowest BCUT2D eigenvalue weighted by Crippen LogP contribution is -2.06. The molecular weight excluding hydrogens is 436 g/mol. The highest BCUT2D eigenvalue weighted by Crippen LogP contribution is 2.37. The minimum absolute atomic E-state index is 0.254. The van der Waals surface area contributed by atoms with Crippen molar-refractivity contribution in [3.8, 4) is 28.9 Å². The Morgan fingerprint density at radius 3 is 2.69 bits per heavy atom. The number of fused-ring (bicyclic) bond motifs is 2. The summed E-state index contributed by atoms with van der Waals surface area (Å²) in [5.41, 5.74) is 13.0. The summed E-state index contributed by atoms with van der Waals surface area (Å²) in [5, 5.41) is 7.97. The normalized spacial score (nSPS) is 16.7. The first-order valence-corrected chi connectivity index (χ1v) is 11.8. The van der Waals surface area contributed by atoms with E-state index in [4.69, 9.17) is 15.7 Å². The third kappa shape index (κ3) is 3.44. The quantitative estimate of drug-likeness (QED) is 0.411. The lowest BCUT2D eigenvalue weighted by atomic mass is 10.1. The van der Waals surface area contributed by atoms with E-state index in [1.165, 1.54) is 24.0 Å². The fourth-order valence-electron chi connectivity index (χ4n) is 4.86. The van der Waals surface area contributed by atoms with Crippen LogP contribution in [0.4, 0.5) is 5.82 Å². The van der Waals surface area contributed by atoms with E-state index in [0.717, 1.165) is 46.8 Å². The number of rotatable bonds is 3. The number of imidazole rings is 1. The van der Waals surface area contributed by atoms with E-state index in [1.54, 1.807) is 18.9 Å². The van der Waals surface area contributed by atoms with Gasteiger partial charge in [-0.15, -0.1) is 10.2 Å². The zero-order valence-corrected chi connectivity index (χ0v) is 19.0. The Balaban J connectivity index is 1.41. The molecule has 0 bridgehead atoms.